The van der Waals surface area contributed by atoms with Crippen LogP contribution in [-0.4, -0.2) is 3.90 Å². The predicted molar refractivity (Wildman–Crippen MR) is 78.0 cm³/mol. The molecule has 0 saturated carbocycles. The van der Waals surface area contributed by atoms with E-state index in [1.807, 2.05) is 13.8 Å². The van der Waals surface area contributed by atoms with E-state index in [0.717, 1.165) is 5.92 Å². The van der Waals surface area contributed by atoms with Gasteiger partial charge in [-0.25, -0.2) is 0 Å². The van der Waals surface area contributed by atoms with Crippen molar-refractivity contribution in [2.75, 3.05) is 0 Å². The van der Waals surface area contributed by atoms with Crippen LogP contribution in [0.4, 0.5) is 0 Å². The fourth-order valence-electron chi connectivity index (χ4n) is 0.697. The molecule has 0 aliphatic heterocycles. The van der Waals surface area contributed by atoms with Crippen LogP contribution in [0.2, 0.25) is 0 Å². The van der Waals surface area contributed by atoms with Crippen molar-refractivity contribution >= 4 is 3.90 Å². The Morgan fingerprint density at radius 2 is 1.25 bits per heavy atom. The van der Waals surface area contributed by atoms with Gasteiger partial charge in [0.15, 0.2) is 0 Å². The van der Waals surface area contributed by atoms with Crippen molar-refractivity contribution in [1.82, 2.24) is 0 Å². The second kappa shape index (κ2) is 29.6. The molecule has 0 aromatic heterocycles. The summed E-state index contributed by atoms with van der Waals surface area (Å²) in [6.45, 7) is 19.3. The van der Waals surface area contributed by atoms with E-state index < -0.39 is 0 Å². The third-order valence-corrected chi connectivity index (χ3v) is 1.48. The summed E-state index contributed by atoms with van der Waals surface area (Å²) < 4.78 is 1.50. The van der Waals surface area contributed by atoms with E-state index >= 15 is 0 Å². The van der Waals surface area contributed by atoms with Crippen LogP contribution >= 0.6 is 0 Å². The SMILES string of the molecule is CC.CCC.CCCC(C)CC.C[C](C)=[W]. The fraction of sp³-hybridized carbons (Fsp3) is 0.933. The van der Waals surface area contributed by atoms with Crippen molar-refractivity contribution in [2.45, 2.75) is 88.0 Å². The zero-order chi connectivity index (χ0) is 14.0. The molecule has 0 saturated heterocycles. The van der Waals surface area contributed by atoms with E-state index in [9.17, 15) is 0 Å². The molecule has 102 valence electrons. The Hall–Kier alpha value is 0.558. The molecule has 0 spiro atoms. The minimum absolute atomic E-state index is 0.949. The standard InChI is InChI=1S/C7H16.C3H8.C3H6.C2H6.W/c1-4-6-7(3)5-2;2*1-3-2;1-2;/h7H,4-6H2,1-3H3;3H2,1-2H3;1-2H3;1-2H3;. The molecule has 0 radical (unpaired) electrons. The third-order valence-electron chi connectivity index (χ3n) is 1.48. The van der Waals surface area contributed by atoms with Gasteiger partial charge in [-0.15, -0.1) is 0 Å². The average Bonchev–Trinajstić information content (AvgIpc) is 2.21. The van der Waals surface area contributed by atoms with E-state index in [0.29, 0.717) is 0 Å². The Kier molecular flexibility index (Phi) is 47.0. The van der Waals surface area contributed by atoms with E-state index in [-0.39, 0.29) is 0 Å². The van der Waals surface area contributed by atoms with E-state index in [4.69, 9.17) is 0 Å². The van der Waals surface area contributed by atoms with Crippen LogP contribution in [0.3, 0.4) is 0 Å². The molecule has 0 nitrogen and oxygen atoms in total. The normalized spacial score (nSPS) is 9.31. The van der Waals surface area contributed by atoms with Gasteiger partial charge in [-0.05, 0) is 5.92 Å². The van der Waals surface area contributed by atoms with Crippen LogP contribution < -0.4 is 0 Å². The maximum atomic E-state index is 2.31. The molecule has 0 amide bonds. The second-order valence-corrected chi connectivity index (χ2v) is 6.85. The zero-order valence-electron chi connectivity index (χ0n) is 13.3. The number of hydrogen-bond acceptors (Lipinski definition) is 0. The van der Waals surface area contributed by atoms with Gasteiger partial charge in [-0.3, -0.25) is 0 Å². The molecule has 1 unspecified atom stereocenters. The van der Waals surface area contributed by atoms with Crippen LogP contribution in [-0.2, 0) is 19.4 Å². The molecule has 0 aromatic carbocycles. The molecule has 1 heteroatoms. The van der Waals surface area contributed by atoms with Gasteiger partial charge >= 0.3 is 37.1 Å². The van der Waals surface area contributed by atoms with Gasteiger partial charge in [0.25, 0.3) is 0 Å². The van der Waals surface area contributed by atoms with Crippen LogP contribution in [0.15, 0.2) is 0 Å². The molecule has 1 atom stereocenters. The predicted octanol–water partition coefficient (Wildman–Crippen LogP) is 6.02. The summed E-state index contributed by atoms with van der Waals surface area (Å²) in [5, 5.41) is 0. The Bertz CT molecular complexity index is 93.6. The Balaban J connectivity index is -0.0000000685. The first-order valence-corrected chi connectivity index (χ1v) is 8.39. The average molecular weight is 400 g/mol. The summed E-state index contributed by atoms with van der Waals surface area (Å²) in [7, 11) is 0. The van der Waals surface area contributed by atoms with Crippen molar-refractivity contribution in [3.63, 3.8) is 0 Å². The van der Waals surface area contributed by atoms with Gasteiger partial charge < -0.3 is 0 Å². The first kappa shape index (κ1) is 25.4. The van der Waals surface area contributed by atoms with Gasteiger partial charge in [0, 0.05) is 0 Å². The summed E-state index contributed by atoms with van der Waals surface area (Å²) in [5.74, 6) is 0.949. The topological polar surface area (TPSA) is 0 Å². The molecule has 0 bridgehead atoms. The van der Waals surface area contributed by atoms with Crippen LogP contribution in [0, 0.1) is 5.92 Å². The zero-order valence-corrected chi connectivity index (χ0v) is 16.2. The van der Waals surface area contributed by atoms with Gasteiger partial charge in [-0.1, -0.05) is 74.1 Å². The van der Waals surface area contributed by atoms with Crippen molar-refractivity contribution in [3.05, 3.63) is 0 Å². The molecule has 16 heavy (non-hydrogen) atoms. The maximum absolute atomic E-state index is 2.31. The van der Waals surface area contributed by atoms with Gasteiger partial charge in [0.1, 0.15) is 0 Å². The summed E-state index contributed by atoms with van der Waals surface area (Å²) in [4.78, 5) is 0. The Morgan fingerprint density at radius 1 is 1.00 bits per heavy atom. The summed E-state index contributed by atoms with van der Waals surface area (Å²) in [5.41, 5.74) is 0. The quantitative estimate of drug-likeness (QED) is 0.544. The van der Waals surface area contributed by atoms with Crippen LogP contribution in [0.1, 0.15) is 88.0 Å². The monoisotopic (exact) mass is 400 g/mol. The molecular weight excluding hydrogens is 364 g/mol. The molecule has 0 N–H and O–H groups in total. The molecule has 0 aromatic rings. The summed E-state index contributed by atoms with van der Waals surface area (Å²) in [6, 6.07) is 0. The van der Waals surface area contributed by atoms with Crippen LogP contribution in [0.5, 0.6) is 0 Å². The van der Waals surface area contributed by atoms with E-state index in [1.54, 1.807) is 19.4 Å². The second-order valence-electron chi connectivity index (χ2n) is 3.92. The summed E-state index contributed by atoms with van der Waals surface area (Å²) in [6.07, 6.45) is 5.33. The fourth-order valence-corrected chi connectivity index (χ4v) is 0.697. The molecule has 0 aliphatic rings. The van der Waals surface area contributed by atoms with Crippen molar-refractivity contribution < 1.29 is 19.4 Å². The molecule has 0 heterocycles. The van der Waals surface area contributed by atoms with Crippen molar-refractivity contribution in [1.29, 1.82) is 0 Å². The molecule has 0 aliphatic carbocycles. The Morgan fingerprint density at radius 3 is 1.31 bits per heavy atom. The molecule has 0 rings (SSSR count). The van der Waals surface area contributed by atoms with Gasteiger partial charge in [-0.2, -0.15) is 0 Å². The minimum atomic E-state index is 0.949. The summed E-state index contributed by atoms with van der Waals surface area (Å²) >= 11 is 1.59. The van der Waals surface area contributed by atoms with Gasteiger partial charge in [0.2, 0.25) is 0 Å². The Labute approximate surface area is 117 Å². The van der Waals surface area contributed by atoms with Crippen LogP contribution in [0.25, 0.3) is 0 Å². The first-order valence-electron chi connectivity index (χ1n) is 6.93. The molecule has 0 fully saturated rings. The number of hydrogen-bond donors (Lipinski definition) is 0. The molecular formula is C15H36W. The van der Waals surface area contributed by atoms with E-state index in [1.165, 1.54) is 29.6 Å². The van der Waals surface area contributed by atoms with Crippen molar-refractivity contribution in [2.24, 2.45) is 5.92 Å². The van der Waals surface area contributed by atoms with Gasteiger partial charge in [0.05, 0.1) is 0 Å². The number of rotatable bonds is 3. The first-order chi connectivity index (χ1) is 7.45. The van der Waals surface area contributed by atoms with Crippen molar-refractivity contribution in [3.8, 4) is 0 Å². The van der Waals surface area contributed by atoms with E-state index in [2.05, 4.69) is 48.5 Å². The third kappa shape index (κ3) is 86.6.